The van der Waals surface area contributed by atoms with E-state index in [2.05, 4.69) is 71.4 Å². The first kappa shape index (κ1) is 28.0. The third-order valence-corrected chi connectivity index (χ3v) is 8.12. The fourth-order valence-electron chi connectivity index (χ4n) is 5.51. The average Bonchev–Trinajstić information content (AvgIpc) is 3.62. The number of benzene rings is 3. The van der Waals surface area contributed by atoms with E-state index in [0.29, 0.717) is 29.8 Å². The number of halogens is 2. The van der Waals surface area contributed by atoms with Crippen molar-refractivity contribution >= 4 is 29.3 Å². The summed E-state index contributed by atoms with van der Waals surface area (Å²) < 4.78 is 21.0. The third kappa shape index (κ3) is 6.69. The summed E-state index contributed by atoms with van der Waals surface area (Å²) in [5, 5.41) is 1.05. The summed E-state index contributed by atoms with van der Waals surface area (Å²) in [7, 11) is 0. The summed E-state index contributed by atoms with van der Waals surface area (Å²) >= 11 is 12.8. The quantitative estimate of drug-likeness (QED) is 0.212. The van der Waals surface area contributed by atoms with E-state index in [1.165, 1.54) is 22.3 Å². The van der Waals surface area contributed by atoms with E-state index >= 15 is 0 Å². The van der Waals surface area contributed by atoms with Crippen LogP contribution in [0.25, 0.3) is 6.08 Å². The topological polar surface area (TPSA) is 48.8 Å². The van der Waals surface area contributed by atoms with Crippen molar-refractivity contribution in [2.45, 2.75) is 38.3 Å². The van der Waals surface area contributed by atoms with Crippen molar-refractivity contribution in [3.05, 3.63) is 123 Å². The van der Waals surface area contributed by atoms with E-state index in [9.17, 15) is 0 Å². The van der Waals surface area contributed by atoms with Gasteiger partial charge in [-0.25, -0.2) is 4.98 Å². The summed E-state index contributed by atoms with van der Waals surface area (Å²) in [4.78, 5) is 6.63. The van der Waals surface area contributed by atoms with E-state index in [-0.39, 0.29) is 6.10 Å². The molecule has 0 saturated carbocycles. The Kier molecular flexibility index (Phi) is 8.47. The van der Waals surface area contributed by atoms with Crippen LogP contribution in [0.2, 0.25) is 10.0 Å². The lowest BCUT2D eigenvalue weighted by Gasteiger charge is -2.30. The Hall–Kier alpha value is -3.13. The molecule has 1 fully saturated rings. The Morgan fingerprint density at radius 1 is 1.10 bits per heavy atom. The number of rotatable bonds is 9. The van der Waals surface area contributed by atoms with Crippen LogP contribution >= 0.6 is 23.2 Å². The SMILES string of the molecule is Cc1cccc(C=CCN2CCc3cc(OC[C@H]4CO[C@](Cn5ccnc5)(c5ccc(Cl)cc5Cl)O4)ccc3C2)c1. The molecule has 6 rings (SSSR count). The zero-order chi connectivity index (χ0) is 28.2. The molecule has 2 aliphatic heterocycles. The molecule has 41 heavy (non-hydrogen) atoms. The Morgan fingerprint density at radius 2 is 2.02 bits per heavy atom. The van der Waals surface area contributed by atoms with E-state index < -0.39 is 5.79 Å². The van der Waals surface area contributed by atoms with Gasteiger partial charge in [0.1, 0.15) is 18.5 Å². The molecule has 212 valence electrons. The lowest BCUT2D eigenvalue weighted by atomic mass is 9.99. The molecule has 0 radical (unpaired) electrons. The maximum Gasteiger partial charge on any atom is 0.215 e. The van der Waals surface area contributed by atoms with Crippen LogP contribution in [0.5, 0.6) is 5.75 Å². The molecule has 0 unspecified atom stereocenters. The zero-order valence-corrected chi connectivity index (χ0v) is 24.5. The first-order chi connectivity index (χ1) is 20.0. The lowest BCUT2D eigenvalue weighted by Crippen LogP contribution is -2.34. The molecule has 0 N–H and O–H groups in total. The maximum absolute atomic E-state index is 6.59. The van der Waals surface area contributed by atoms with Gasteiger partial charge in [0, 0.05) is 42.6 Å². The highest BCUT2D eigenvalue weighted by molar-refractivity contribution is 6.35. The van der Waals surface area contributed by atoms with Crippen LogP contribution in [0.1, 0.15) is 27.8 Å². The minimum absolute atomic E-state index is 0.267. The van der Waals surface area contributed by atoms with Gasteiger partial charge in [-0.2, -0.15) is 0 Å². The first-order valence-corrected chi connectivity index (χ1v) is 14.6. The second-order valence-electron chi connectivity index (χ2n) is 10.7. The molecule has 4 aromatic rings. The molecule has 8 heteroatoms. The summed E-state index contributed by atoms with van der Waals surface area (Å²) in [5.74, 6) is -0.222. The minimum atomic E-state index is -1.07. The van der Waals surface area contributed by atoms with Gasteiger partial charge in [0.05, 0.1) is 24.5 Å². The van der Waals surface area contributed by atoms with E-state index in [1.54, 1.807) is 24.7 Å². The van der Waals surface area contributed by atoms with Gasteiger partial charge in [-0.15, -0.1) is 0 Å². The monoisotopic (exact) mass is 589 g/mol. The standard InChI is InChI=1S/C33H33Cl2N3O3/c1-24-4-2-5-25(16-24)6-3-13-37-14-11-26-17-29(9-7-27(26)19-37)39-20-30-21-40-33(41-30,22-38-15-12-36-23-38)31-10-8-28(34)18-32(31)35/h2-10,12,15-18,23,30H,11,13-14,19-22H2,1H3/t30-,33-/m0/s1. The molecular weight excluding hydrogens is 557 g/mol. The third-order valence-electron chi connectivity index (χ3n) is 7.57. The lowest BCUT2D eigenvalue weighted by molar-refractivity contribution is -0.189. The highest BCUT2D eigenvalue weighted by Crippen LogP contribution is 2.40. The largest absolute Gasteiger partial charge is 0.491 e. The van der Waals surface area contributed by atoms with Crippen LogP contribution in [0, 0.1) is 6.92 Å². The molecule has 2 atom stereocenters. The van der Waals surface area contributed by atoms with Gasteiger partial charge < -0.3 is 18.8 Å². The van der Waals surface area contributed by atoms with Gasteiger partial charge in [0.2, 0.25) is 5.79 Å². The van der Waals surface area contributed by atoms with E-state index in [1.807, 2.05) is 16.8 Å². The van der Waals surface area contributed by atoms with E-state index in [4.69, 9.17) is 37.4 Å². The zero-order valence-electron chi connectivity index (χ0n) is 23.0. The second-order valence-corrected chi connectivity index (χ2v) is 11.5. The molecule has 0 bridgehead atoms. The molecule has 2 aliphatic rings. The summed E-state index contributed by atoms with van der Waals surface area (Å²) in [6.07, 6.45) is 10.5. The fourth-order valence-corrected chi connectivity index (χ4v) is 6.06. The van der Waals surface area contributed by atoms with Crippen molar-refractivity contribution < 1.29 is 14.2 Å². The number of ether oxygens (including phenoxy) is 3. The molecular formula is C33H33Cl2N3O3. The van der Waals surface area contributed by atoms with Gasteiger partial charge in [0.25, 0.3) is 0 Å². The molecule has 3 heterocycles. The van der Waals surface area contributed by atoms with Crippen molar-refractivity contribution in [3.63, 3.8) is 0 Å². The van der Waals surface area contributed by atoms with Crippen LogP contribution in [0.3, 0.4) is 0 Å². The number of nitrogens with zero attached hydrogens (tertiary/aromatic N) is 3. The predicted molar refractivity (Wildman–Crippen MR) is 162 cm³/mol. The van der Waals surface area contributed by atoms with E-state index in [0.717, 1.165) is 37.4 Å². The fraction of sp³-hybridized carbons (Fsp3) is 0.303. The Balaban J connectivity index is 1.07. The highest BCUT2D eigenvalue weighted by atomic mass is 35.5. The Bertz CT molecular complexity index is 1520. The first-order valence-electron chi connectivity index (χ1n) is 13.9. The highest BCUT2D eigenvalue weighted by Gasteiger charge is 2.45. The van der Waals surface area contributed by atoms with Crippen LogP contribution in [0.4, 0.5) is 0 Å². The van der Waals surface area contributed by atoms with Gasteiger partial charge in [-0.3, -0.25) is 4.90 Å². The molecule has 6 nitrogen and oxygen atoms in total. The summed E-state index contributed by atoms with van der Waals surface area (Å²) in [6, 6.07) is 20.3. The molecule has 1 aromatic heterocycles. The van der Waals surface area contributed by atoms with Crippen LogP contribution in [-0.4, -0.2) is 46.9 Å². The summed E-state index contributed by atoms with van der Waals surface area (Å²) in [6.45, 7) is 6.16. The smallest absolute Gasteiger partial charge is 0.215 e. The van der Waals surface area contributed by atoms with Crippen molar-refractivity contribution in [2.75, 3.05) is 26.3 Å². The Morgan fingerprint density at radius 3 is 2.85 bits per heavy atom. The molecule has 1 saturated heterocycles. The molecule has 0 aliphatic carbocycles. The number of imidazole rings is 1. The second kappa shape index (κ2) is 12.4. The average molecular weight is 591 g/mol. The van der Waals surface area contributed by atoms with Gasteiger partial charge in [-0.05, 0) is 54.3 Å². The van der Waals surface area contributed by atoms with Crippen LogP contribution < -0.4 is 4.74 Å². The number of hydrogen-bond donors (Lipinski definition) is 0. The number of aryl methyl sites for hydroxylation is 1. The molecule has 0 spiro atoms. The number of aromatic nitrogens is 2. The number of fused-ring (bicyclic) bond motifs is 1. The minimum Gasteiger partial charge on any atom is -0.491 e. The predicted octanol–water partition coefficient (Wildman–Crippen LogP) is 6.92. The van der Waals surface area contributed by atoms with Crippen LogP contribution in [0.15, 0.2) is 85.5 Å². The summed E-state index contributed by atoms with van der Waals surface area (Å²) in [5.41, 5.74) is 5.95. The normalized spacial score (nSPS) is 20.9. The van der Waals surface area contributed by atoms with Crippen molar-refractivity contribution in [1.82, 2.24) is 14.5 Å². The van der Waals surface area contributed by atoms with Crippen molar-refractivity contribution in [2.24, 2.45) is 0 Å². The van der Waals surface area contributed by atoms with Gasteiger partial charge in [0.15, 0.2) is 0 Å². The Labute approximate surface area is 251 Å². The van der Waals surface area contributed by atoms with Gasteiger partial charge in [-0.1, -0.05) is 77.3 Å². The maximum atomic E-state index is 6.59. The molecule has 0 amide bonds. The number of hydrogen-bond acceptors (Lipinski definition) is 5. The van der Waals surface area contributed by atoms with Crippen LogP contribution in [-0.2, 0) is 34.8 Å². The van der Waals surface area contributed by atoms with Gasteiger partial charge >= 0.3 is 0 Å². The van der Waals surface area contributed by atoms with Crippen molar-refractivity contribution in [3.8, 4) is 5.75 Å². The van der Waals surface area contributed by atoms with Crippen molar-refractivity contribution in [1.29, 1.82) is 0 Å². The molecule has 3 aromatic carbocycles.